The topological polar surface area (TPSA) is 42.0 Å². The van der Waals surface area contributed by atoms with E-state index in [0.29, 0.717) is 15.7 Å². The van der Waals surface area contributed by atoms with Crippen LogP contribution in [0.4, 0.5) is 5.13 Å². The van der Waals surface area contributed by atoms with Crippen molar-refractivity contribution in [3.8, 4) is 0 Å². The molecule has 1 heterocycles. The first-order valence-electron chi connectivity index (χ1n) is 5.75. The summed E-state index contributed by atoms with van der Waals surface area (Å²) in [5.74, 6) is -0.256. The number of nitrogens with zero attached hydrogens (tertiary/aromatic N) is 1. The molecule has 2 aromatic carbocycles. The number of aromatic nitrogens is 1. The van der Waals surface area contributed by atoms with E-state index in [4.69, 9.17) is 11.6 Å². The molecule has 0 saturated carbocycles. The second-order valence-electron chi connectivity index (χ2n) is 4.07. The maximum absolute atomic E-state index is 12.1. The summed E-state index contributed by atoms with van der Waals surface area (Å²) in [5, 5.41) is 3.76. The van der Waals surface area contributed by atoms with Gasteiger partial charge in [-0.25, -0.2) is 4.98 Å². The van der Waals surface area contributed by atoms with E-state index in [-0.39, 0.29) is 5.91 Å². The van der Waals surface area contributed by atoms with Crippen LogP contribution >= 0.6 is 38.9 Å². The van der Waals surface area contributed by atoms with Gasteiger partial charge in [0.05, 0.1) is 20.8 Å². The maximum Gasteiger partial charge on any atom is 0.258 e. The lowest BCUT2D eigenvalue weighted by Crippen LogP contribution is -2.11. The Hall–Kier alpha value is -1.43. The number of anilines is 1. The molecule has 1 amide bonds. The van der Waals surface area contributed by atoms with Crippen LogP contribution in [-0.4, -0.2) is 10.9 Å². The average Bonchev–Trinajstić information content (AvgIpc) is 2.80. The lowest BCUT2D eigenvalue weighted by Gasteiger charge is -2.02. The molecule has 0 atom stereocenters. The number of hydrogen-bond donors (Lipinski definition) is 1. The van der Waals surface area contributed by atoms with Gasteiger partial charge in [-0.3, -0.25) is 10.1 Å². The van der Waals surface area contributed by atoms with Crippen LogP contribution in [0.1, 0.15) is 10.4 Å². The Balaban J connectivity index is 1.89. The van der Waals surface area contributed by atoms with Gasteiger partial charge in [0.15, 0.2) is 5.13 Å². The molecule has 0 spiro atoms. The van der Waals surface area contributed by atoms with Gasteiger partial charge in [-0.05, 0) is 30.3 Å². The van der Waals surface area contributed by atoms with E-state index < -0.39 is 0 Å². The van der Waals surface area contributed by atoms with Crippen LogP contribution in [0.15, 0.2) is 46.9 Å². The number of thiazole rings is 1. The molecular formula is C14H8BrClN2OS. The Morgan fingerprint density at radius 3 is 2.85 bits per heavy atom. The Morgan fingerprint density at radius 1 is 1.25 bits per heavy atom. The highest BCUT2D eigenvalue weighted by molar-refractivity contribution is 9.10. The first-order chi connectivity index (χ1) is 9.63. The fraction of sp³-hybridized carbons (Fsp3) is 0. The molecule has 3 nitrogen and oxygen atoms in total. The van der Waals surface area contributed by atoms with Gasteiger partial charge >= 0.3 is 0 Å². The number of rotatable bonds is 2. The van der Waals surface area contributed by atoms with Gasteiger partial charge in [0.2, 0.25) is 0 Å². The van der Waals surface area contributed by atoms with Gasteiger partial charge < -0.3 is 0 Å². The van der Waals surface area contributed by atoms with Gasteiger partial charge in [-0.1, -0.05) is 51.0 Å². The predicted octanol–water partition coefficient (Wildman–Crippen LogP) is 4.96. The van der Waals surface area contributed by atoms with E-state index in [1.165, 1.54) is 11.3 Å². The van der Waals surface area contributed by atoms with E-state index in [1.54, 1.807) is 24.3 Å². The van der Waals surface area contributed by atoms with Crippen LogP contribution in [0.25, 0.3) is 10.2 Å². The fourth-order valence-corrected chi connectivity index (χ4v) is 3.40. The standard InChI is InChI=1S/C14H8BrClN2OS/c15-8-5-6-11-12(7-8)20-14(17-11)18-13(19)9-3-1-2-4-10(9)16/h1-7H,(H,17,18,19). The van der Waals surface area contributed by atoms with Crippen molar-refractivity contribution in [1.29, 1.82) is 0 Å². The molecule has 0 fully saturated rings. The number of halogens is 2. The fourth-order valence-electron chi connectivity index (χ4n) is 1.76. The van der Waals surface area contributed by atoms with Crippen molar-refractivity contribution in [2.45, 2.75) is 0 Å². The van der Waals surface area contributed by atoms with Crippen LogP contribution in [0.5, 0.6) is 0 Å². The zero-order valence-electron chi connectivity index (χ0n) is 10.1. The Kier molecular flexibility index (Phi) is 3.74. The van der Waals surface area contributed by atoms with Gasteiger partial charge in [0.1, 0.15) is 0 Å². The molecule has 0 aliphatic carbocycles. The zero-order valence-corrected chi connectivity index (χ0v) is 13.2. The van der Waals surface area contributed by atoms with Crippen LogP contribution in [0, 0.1) is 0 Å². The van der Waals surface area contributed by atoms with Gasteiger partial charge in [-0.2, -0.15) is 0 Å². The normalized spacial score (nSPS) is 10.7. The highest BCUT2D eigenvalue weighted by Gasteiger charge is 2.12. The summed E-state index contributed by atoms with van der Waals surface area (Å²) < 4.78 is 1.99. The predicted molar refractivity (Wildman–Crippen MR) is 86.7 cm³/mol. The molecule has 0 aliphatic rings. The SMILES string of the molecule is O=C(Nc1nc2ccc(Br)cc2s1)c1ccccc1Cl. The molecule has 100 valence electrons. The van der Waals surface area contributed by atoms with Crippen molar-refractivity contribution in [3.05, 3.63) is 57.5 Å². The quantitative estimate of drug-likeness (QED) is 0.695. The largest absolute Gasteiger partial charge is 0.298 e. The van der Waals surface area contributed by atoms with Crippen molar-refractivity contribution in [2.24, 2.45) is 0 Å². The molecule has 20 heavy (non-hydrogen) atoms. The molecule has 0 bridgehead atoms. The van der Waals surface area contributed by atoms with Crippen LogP contribution in [0.3, 0.4) is 0 Å². The zero-order chi connectivity index (χ0) is 14.1. The van der Waals surface area contributed by atoms with E-state index in [9.17, 15) is 4.79 Å². The highest BCUT2D eigenvalue weighted by Crippen LogP contribution is 2.29. The molecule has 0 aliphatic heterocycles. The molecule has 3 rings (SSSR count). The second-order valence-corrected chi connectivity index (χ2v) is 6.42. The molecule has 0 saturated heterocycles. The van der Waals surface area contributed by atoms with Gasteiger partial charge in [0.25, 0.3) is 5.91 Å². The first kappa shape index (κ1) is 13.5. The highest BCUT2D eigenvalue weighted by atomic mass is 79.9. The number of nitrogens with one attached hydrogen (secondary N) is 1. The monoisotopic (exact) mass is 366 g/mol. The van der Waals surface area contributed by atoms with E-state index in [0.717, 1.165) is 14.7 Å². The lowest BCUT2D eigenvalue weighted by molar-refractivity contribution is 0.102. The molecule has 0 radical (unpaired) electrons. The summed E-state index contributed by atoms with van der Waals surface area (Å²) in [6, 6.07) is 12.7. The Labute approximate surface area is 132 Å². The minimum Gasteiger partial charge on any atom is -0.298 e. The number of carbonyl (C=O) groups excluding carboxylic acids is 1. The maximum atomic E-state index is 12.1. The van der Waals surface area contributed by atoms with E-state index in [1.807, 2.05) is 18.2 Å². The molecule has 3 aromatic rings. The third kappa shape index (κ3) is 2.70. The first-order valence-corrected chi connectivity index (χ1v) is 7.74. The van der Waals surface area contributed by atoms with Crippen molar-refractivity contribution in [2.75, 3.05) is 5.32 Å². The molecule has 0 unspecified atom stereocenters. The summed E-state index contributed by atoms with van der Waals surface area (Å²) in [7, 11) is 0. The van der Waals surface area contributed by atoms with Crippen LogP contribution in [0.2, 0.25) is 5.02 Å². The van der Waals surface area contributed by atoms with Crippen molar-refractivity contribution < 1.29 is 4.79 Å². The van der Waals surface area contributed by atoms with Crippen LogP contribution < -0.4 is 5.32 Å². The minimum atomic E-state index is -0.256. The number of benzene rings is 2. The number of hydrogen-bond acceptors (Lipinski definition) is 3. The summed E-state index contributed by atoms with van der Waals surface area (Å²) in [6.45, 7) is 0. The second kappa shape index (κ2) is 5.52. The Bertz CT molecular complexity index is 803. The molecule has 1 N–H and O–H groups in total. The third-order valence-electron chi connectivity index (χ3n) is 2.69. The Morgan fingerprint density at radius 2 is 2.05 bits per heavy atom. The third-order valence-corrected chi connectivity index (χ3v) is 4.45. The van der Waals surface area contributed by atoms with Crippen molar-refractivity contribution in [1.82, 2.24) is 4.98 Å². The lowest BCUT2D eigenvalue weighted by atomic mass is 10.2. The van der Waals surface area contributed by atoms with Crippen molar-refractivity contribution >= 4 is 60.1 Å². The number of amides is 1. The van der Waals surface area contributed by atoms with E-state index in [2.05, 4.69) is 26.2 Å². The summed E-state index contributed by atoms with van der Waals surface area (Å²) in [5.41, 5.74) is 1.29. The smallest absolute Gasteiger partial charge is 0.258 e. The molecule has 6 heteroatoms. The molecule has 1 aromatic heterocycles. The number of fused-ring (bicyclic) bond motifs is 1. The van der Waals surface area contributed by atoms with E-state index >= 15 is 0 Å². The van der Waals surface area contributed by atoms with Crippen molar-refractivity contribution in [3.63, 3.8) is 0 Å². The summed E-state index contributed by atoms with van der Waals surface area (Å²) in [4.78, 5) is 16.5. The van der Waals surface area contributed by atoms with Gasteiger partial charge in [-0.15, -0.1) is 0 Å². The number of carbonyl (C=O) groups is 1. The molecular weight excluding hydrogens is 360 g/mol. The summed E-state index contributed by atoms with van der Waals surface area (Å²) in [6.07, 6.45) is 0. The van der Waals surface area contributed by atoms with Gasteiger partial charge in [0, 0.05) is 4.47 Å². The summed E-state index contributed by atoms with van der Waals surface area (Å²) >= 11 is 10.8. The van der Waals surface area contributed by atoms with Crippen LogP contribution in [-0.2, 0) is 0 Å². The average molecular weight is 368 g/mol. The minimum absolute atomic E-state index is 0.256.